The zero-order valence-electron chi connectivity index (χ0n) is 16.9. The summed E-state index contributed by atoms with van der Waals surface area (Å²) in [4.78, 5) is 32.3. The molecule has 31 heavy (non-hydrogen) atoms. The van der Waals surface area contributed by atoms with Crippen molar-refractivity contribution in [2.45, 2.75) is 18.5 Å². The largest absolute Gasteiger partial charge is 0.454 e. The van der Waals surface area contributed by atoms with Crippen LogP contribution in [0.4, 0.5) is 0 Å². The van der Waals surface area contributed by atoms with Gasteiger partial charge in [-0.05, 0) is 41.0 Å². The van der Waals surface area contributed by atoms with E-state index >= 15 is 0 Å². The molecule has 0 radical (unpaired) electrons. The molecular weight excluding hydrogens is 394 g/mol. The highest BCUT2D eigenvalue weighted by Crippen LogP contribution is 2.44. The minimum absolute atomic E-state index is 0.116. The number of benzene rings is 2. The van der Waals surface area contributed by atoms with Gasteiger partial charge >= 0.3 is 0 Å². The summed E-state index contributed by atoms with van der Waals surface area (Å²) in [6.45, 7) is 0.521. The van der Waals surface area contributed by atoms with E-state index < -0.39 is 12.0 Å². The molecule has 3 aromatic rings. The maximum atomic E-state index is 13.5. The molecule has 0 saturated carbocycles. The first-order valence-corrected chi connectivity index (χ1v) is 10.1. The summed E-state index contributed by atoms with van der Waals surface area (Å²) in [6.07, 6.45) is 3.42. The van der Waals surface area contributed by atoms with Gasteiger partial charge in [-0.15, -0.1) is 0 Å². The summed E-state index contributed by atoms with van der Waals surface area (Å²) in [5.74, 6) is 0.432. The molecule has 5 rings (SSSR count). The van der Waals surface area contributed by atoms with E-state index in [9.17, 15) is 9.59 Å². The molecule has 7 nitrogen and oxygen atoms in total. The number of hydrogen-bond donors (Lipinski definition) is 1. The molecule has 1 aromatic heterocycles. The van der Waals surface area contributed by atoms with Crippen LogP contribution in [0.1, 0.15) is 39.0 Å². The van der Waals surface area contributed by atoms with Crippen LogP contribution in [0.25, 0.3) is 0 Å². The number of fused-ring (bicyclic) bond motifs is 2. The number of nitrogens with one attached hydrogen (secondary N) is 1. The van der Waals surface area contributed by atoms with Crippen LogP contribution in [0.2, 0.25) is 0 Å². The molecule has 0 spiro atoms. The summed E-state index contributed by atoms with van der Waals surface area (Å²) in [7, 11) is 1.73. The minimum Gasteiger partial charge on any atom is -0.454 e. The molecule has 2 aromatic carbocycles. The number of carbonyl (C=O) groups excluding carboxylic acids is 2. The molecule has 2 atom stereocenters. The third kappa shape index (κ3) is 3.38. The fourth-order valence-corrected chi connectivity index (χ4v) is 4.27. The zero-order chi connectivity index (χ0) is 21.4. The normalized spacial score (nSPS) is 19.1. The van der Waals surface area contributed by atoms with Gasteiger partial charge in [0.1, 0.15) is 0 Å². The third-order valence-electron chi connectivity index (χ3n) is 5.79. The Morgan fingerprint density at radius 3 is 2.81 bits per heavy atom. The molecule has 0 aliphatic carbocycles. The van der Waals surface area contributed by atoms with E-state index in [-0.39, 0.29) is 18.6 Å². The summed E-state index contributed by atoms with van der Waals surface area (Å²) in [6, 6.07) is 16.1. The Labute approximate surface area is 179 Å². The third-order valence-corrected chi connectivity index (χ3v) is 5.79. The highest BCUT2D eigenvalue weighted by Gasteiger charge is 2.42. The van der Waals surface area contributed by atoms with E-state index in [2.05, 4.69) is 10.3 Å². The van der Waals surface area contributed by atoms with Crippen LogP contribution in [0, 0.1) is 0 Å². The second-order valence-corrected chi connectivity index (χ2v) is 7.62. The van der Waals surface area contributed by atoms with Crippen molar-refractivity contribution in [2.75, 3.05) is 13.8 Å². The van der Waals surface area contributed by atoms with E-state index in [0.29, 0.717) is 23.6 Å². The highest BCUT2D eigenvalue weighted by molar-refractivity contribution is 6.01. The Bertz CT molecular complexity index is 1150. The lowest BCUT2D eigenvalue weighted by Gasteiger charge is -2.39. The maximum Gasteiger partial charge on any atom is 0.254 e. The Hall–Kier alpha value is -3.87. The van der Waals surface area contributed by atoms with Gasteiger partial charge in [-0.3, -0.25) is 14.6 Å². The van der Waals surface area contributed by atoms with Crippen molar-refractivity contribution < 1.29 is 19.1 Å². The number of pyridine rings is 1. The van der Waals surface area contributed by atoms with Gasteiger partial charge < -0.3 is 19.7 Å². The van der Waals surface area contributed by atoms with Crippen LogP contribution in [0.5, 0.6) is 11.5 Å². The standard InChI is InChI=1S/C24H21N3O4/c1-27-22(16-8-9-19-20(11-16)31-14-30-19)21(17-6-2-3-7-18(17)24(27)29)23(28)26-13-15-5-4-10-25-12-15/h2-12,21-22H,13-14H2,1H3,(H,26,28)/t21-,22-/m0/s1. The van der Waals surface area contributed by atoms with Gasteiger partial charge in [-0.25, -0.2) is 0 Å². The lowest BCUT2D eigenvalue weighted by atomic mass is 9.79. The molecular formula is C24H21N3O4. The Morgan fingerprint density at radius 1 is 1.13 bits per heavy atom. The first-order valence-electron chi connectivity index (χ1n) is 10.1. The predicted octanol–water partition coefficient (Wildman–Crippen LogP) is 3.04. The van der Waals surface area contributed by atoms with Crippen LogP contribution in [-0.2, 0) is 11.3 Å². The van der Waals surface area contributed by atoms with Crippen LogP contribution in [0.15, 0.2) is 67.0 Å². The molecule has 7 heteroatoms. The Balaban J connectivity index is 1.54. The van der Waals surface area contributed by atoms with Gasteiger partial charge in [0.25, 0.3) is 5.91 Å². The van der Waals surface area contributed by atoms with Crippen molar-refractivity contribution in [1.82, 2.24) is 15.2 Å². The molecule has 1 N–H and O–H groups in total. The lowest BCUT2D eigenvalue weighted by molar-refractivity contribution is -0.124. The van der Waals surface area contributed by atoms with Gasteiger partial charge in [0.2, 0.25) is 12.7 Å². The molecule has 0 unspecified atom stereocenters. The Morgan fingerprint density at radius 2 is 1.97 bits per heavy atom. The van der Waals surface area contributed by atoms with E-state index in [1.54, 1.807) is 30.4 Å². The fourth-order valence-electron chi connectivity index (χ4n) is 4.27. The molecule has 0 fully saturated rings. The predicted molar refractivity (Wildman–Crippen MR) is 113 cm³/mol. The lowest BCUT2D eigenvalue weighted by Crippen LogP contribution is -2.45. The molecule has 0 bridgehead atoms. The van der Waals surface area contributed by atoms with Crippen LogP contribution in [0.3, 0.4) is 0 Å². The number of nitrogens with zero attached hydrogens (tertiary/aromatic N) is 2. The average molecular weight is 415 g/mol. The van der Waals surface area contributed by atoms with E-state index in [0.717, 1.165) is 16.7 Å². The summed E-state index contributed by atoms with van der Waals surface area (Å²) in [5, 5.41) is 3.02. The molecule has 2 amide bonds. The number of carbonyl (C=O) groups is 2. The molecule has 0 saturated heterocycles. The molecule has 156 valence electrons. The van der Waals surface area contributed by atoms with E-state index in [4.69, 9.17) is 9.47 Å². The number of rotatable bonds is 4. The SMILES string of the molecule is CN1C(=O)c2ccccc2[C@H](C(=O)NCc2cccnc2)[C@@H]1c1ccc2c(c1)OCO2. The van der Waals surface area contributed by atoms with Gasteiger partial charge in [0, 0.05) is 31.5 Å². The van der Waals surface area contributed by atoms with Gasteiger partial charge in [0.15, 0.2) is 11.5 Å². The van der Waals surface area contributed by atoms with Crippen molar-refractivity contribution in [1.29, 1.82) is 0 Å². The number of amides is 2. The zero-order valence-corrected chi connectivity index (χ0v) is 16.9. The second-order valence-electron chi connectivity index (χ2n) is 7.62. The highest BCUT2D eigenvalue weighted by atomic mass is 16.7. The molecule has 2 aliphatic rings. The minimum atomic E-state index is -0.573. The van der Waals surface area contributed by atoms with Crippen molar-refractivity contribution in [2.24, 2.45) is 0 Å². The topological polar surface area (TPSA) is 80.8 Å². The van der Waals surface area contributed by atoms with Crippen molar-refractivity contribution >= 4 is 11.8 Å². The summed E-state index contributed by atoms with van der Waals surface area (Å²) in [5.41, 5.74) is 2.99. The van der Waals surface area contributed by atoms with Crippen LogP contribution >= 0.6 is 0 Å². The van der Waals surface area contributed by atoms with Gasteiger partial charge in [-0.1, -0.05) is 30.3 Å². The van der Waals surface area contributed by atoms with Crippen LogP contribution < -0.4 is 14.8 Å². The summed E-state index contributed by atoms with van der Waals surface area (Å²) >= 11 is 0. The summed E-state index contributed by atoms with van der Waals surface area (Å²) < 4.78 is 10.9. The monoisotopic (exact) mass is 415 g/mol. The maximum absolute atomic E-state index is 13.5. The quantitative estimate of drug-likeness (QED) is 0.709. The first-order chi connectivity index (χ1) is 15.1. The van der Waals surface area contributed by atoms with E-state index in [1.807, 2.05) is 48.5 Å². The van der Waals surface area contributed by atoms with Crippen LogP contribution in [-0.4, -0.2) is 35.5 Å². The second kappa shape index (κ2) is 7.75. The number of likely N-dealkylation sites (N-methyl/N-ethyl adjacent to an activating group) is 1. The fraction of sp³-hybridized carbons (Fsp3) is 0.208. The number of hydrogen-bond acceptors (Lipinski definition) is 5. The first kappa shape index (κ1) is 19.1. The van der Waals surface area contributed by atoms with Gasteiger partial charge in [-0.2, -0.15) is 0 Å². The average Bonchev–Trinajstić information content (AvgIpc) is 3.28. The number of aromatic nitrogens is 1. The molecule has 3 heterocycles. The molecule has 2 aliphatic heterocycles. The van der Waals surface area contributed by atoms with Crippen molar-refractivity contribution in [3.8, 4) is 11.5 Å². The van der Waals surface area contributed by atoms with Crippen molar-refractivity contribution in [3.05, 3.63) is 89.2 Å². The van der Waals surface area contributed by atoms with E-state index in [1.165, 1.54) is 0 Å². The van der Waals surface area contributed by atoms with Gasteiger partial charge in [0.05, 0.1) is 12.0 Å². The number of ether oxygens (including phenoxy) is 2. The smallest absolute Gasteiger partial charge is 0.254 e. The van der Waals surface area contributed by atoms with Crippen molar-refractivity contribution in [3.63, 3.8) is 0 Å². The Kier molecular flexibility index (Phi) is 4.78.